The van der Waals surface area contributed by atoms with Crippen molar-refractivity contribution in [2.75, 3.05) is 56.2 Å². The number of morpholine rings is 1. The molecule has 1 aromatic carbocycles. The summed E-state index contributed by atoms with van der Waals surface area (Å²) >= 11 is 0. The molecule has 10 nitrogen and oxygen atoms in total. The Morgan fingerprint density at radius 2 is 1.97 bits per heavy atom. The molecule has 2 saturated heterocycles. The second kappa shape index (κ2) is 9.37. The van der Waals surface area contributed by atoms with E-state index in [1.54, 1.807) is 30.3 Å². The summed E-state index contributed by atoms with van der Waals surface area (Å²) in [6, 6.07) is 8.58. The Balaban J connectivity index is 1.50. The molecule has 4 heterocycles. The number of likely N-dealkylation sites (tertiary alicyclic amines) is 1. The summed E-state index contributed by atoms with van der Waals surface area (Å²) in [4.78, 5) is 28.0. The molecule has 0 radical (unpaired) electrons. The fraction of sp³-hybridized carbons (Fsp3) is 0.455. The molecule has 2 fully saturated rings. The van der Waals surface area contributed by atoms with Gasteiger partial charge in [0, 0.05) is 38.8 Å². The van der Waals surface area contributed by atoms with E-state index in [0.29, 0.717) is 74.6 Å². The second-order valence-electron chi connectivity index (χ2n) is 8.37. The molecular weight excluding hydrogens is 448 g/mol. The van der Waals surface area contributed by atoms with Crippen molar-refractivity contribution in [3.05, 3.63) is 36.2 Å². The summed E-state index contributed by atoms with van der Waals surface area (Å²) in [5, 5.41) is 12.5. The Morgan fingerprint density at radius 1 is 1.18 bits per heavy atom. The Kier molecular flexibility index (Phi) is 6.14. The second-order valence-corrected chi connectivity index (χ2v) is 8.37. The molecule has 0 saturated carbocycles. The maximum atomic E-state index is 13.9. The van der Waals surface area contributed by atoms with E-state index >= 15 is 0 Å². The fourth-order valence-corrected chi connectivity index (χ4v) is 4.39. The zero-order valence-electron chi connectivity index (χ0n) is 18.4. The number of aromatic nitrogens is 4. The normalized spacial score (nSPS) is 18.7. The number of nitrogens with one attached hydrogen (secondary N) is 1. The average Bonchev–Trinajstić information content (AvgIpc) is 3.48. The third kappa shape index (κ3) is 4.45. The minimum atomic E-state index is -2.79. The third-order valence-electron chi connectivity index (χ3n) is 6.13. The lowest BCUT2D eigenvalue weighted by molar-refractivity contribution is 0.122. The van der Waals surface area contributed by atoms with Crippen LogP contribution in [0.5, 0.6) is 0 Å². The van der Waals surface area contributed by atoms with E-state index in [4.69, 9.17) is 4.74 Å². The molecule has 0 unspecified atom stereocenters. The van der Waals surface area contributed by atoms with E-state index < -0.39 is 12.5 Å². The van der Waals surface area contributed by atoms with Gasteiger partial charge in [-0.25, -0.2) is 18.6 Å². The van der Waals surface area contributed by atoms with E-state index in [1.165, 1.54) is 9.47 Å². The van der Waals surface area contributed by atoms with E-state index in [2.05, 4.69) is 20.3 Å². The summed E-state index contributed by atoms with van der Waals surface area (Å²) < 4.78 is 34.7. The van der Waals surface area contributed by atoms with Gasteiger partial charge in [0.15, 0.2) is 5.82 Å². The van der Waals surface area contributed by atoms with Crippen LogP contribution in [-0.4, -0.2) is 81.6 Å². The molecule has 2 aliphatic rings. The number of carbonyl (C=O) groups is 1. The number of rotatable bonds is 6. The predicted octanol–water partition coefficient (Wildman–Crippen LogP) is 3.00. The molecule has 3 aromatic rings. The number of imidazole rings is 1. The molecule has 1 atom stereocenters. The molecule has 2 aromatic heterocycles. The van der Waals surface area contributed by atoms with Gasteiger partial charge in [-0.15, -0.1) is 0 Å². The highest BCUT2D eigenvalue weighted by Gasteiger charge is 2.27. The van der Waals surface area contributed by atoms with E-state index in [-0.39, 0.29) is 11.7 Å². The topological polar surface area (TPSA) is 109 Å². The number of halogens is 2. The summed E-state index contributed by atoms with van der Waals surface area (Å²) in [7, 11) is 0. The van der Waals surface area contributed by atoms with E-state index in [9.17, 15) is 18.7 Å². The summed E-state index contributed by atoms with van der Waals surface area (Å²) in [5.41, 5.74) is 0.988. The van der Waals surface area contributed by atoms with Crippen LogP contribution in [-0.2, 0) is 4.74 Å². The smallest absolute Gasteiger partial charge is 0.407 e. The number of ether oxygens (including phenoxy) is 1. The number of hydrogen-bond acceptors (Lipinski definition) is 7. The van der Waals surface area contributed by atoms with Gasteiger partial charge in [0.2, 0.25) is 5.95 Å². The molecule has 0 aliphatic carbocycles. The number of alkyl halides is 2. The maximum Gasteiger partial charge on any atom is 0.407 e. The van der Waals surface area contributed by atoms with Crippen LogP contribution in [0.1, 0.15) is 18.7 Å². The zero-order chi connectivity index (χ0) is 23.7. The first-order valence-electron chi connectivity index (χ1n) is 11.2. The molecule has 5 rings (SSSR count). The Labute approximate surface area is 194 Å². The standard InChI is InChI=1S/C22H25F2N7O3/c23-19(24)20-26-15-3-1-2-4-16(15)31(20)18-11-17(25-12-14-5-6-30(13-14)22(32)33)27-21(28-18)29-7-9-34-10-8-29/h1-4,11,14,19H,5-10,12-13H2,(H,32,33)(H,25,27,28)/t14-/m1/s1. The molecule has 1 amide bonds. The molecule has 0 spiro atoms. The maximum absolute atomic E-state index is 13.9. The molecule has 12 heteroatoms. The third-order valence-corrected chi connectivity index (χ3v) is 6.13. The zero-order valence-corrected chi connectivity index (χ0v) is 18.4. The van der Waals surface area contributed by atoms with Gasteiger partial charge in [-0.3, -0.25) is 4.57 Å². The van der Waals surface area contributed by atoms with Crippen LogP contribution in [0.25, 0.3) is 16.9 Å². The minimum absolute atomic E-state index is 0.132. The number of amides is 1. The number of nitrogens with zero attached hydrogens (tertiary/aromatic N) is 6. The number of benzene rings is 1. The quantitative estimate of drug-likeness (QED) is 0.563. The van der Waals surface area contributed by atoms with Crippen LogP contribution >= 0.6 is 0 Å². The van der Waals surface area contributed by atoms with Gasteiger partial charge in [0.25, 0.3) is 6.43 Å². The lowest BCUT2D eigenvalue weighted by atomic mass is 10.1. The van der Waals surface area contributed by atoms with Crippen molar-refractivity contribution < 1.29 is 23.4 Å². The van der Waals surface area contributed by atoms with Gasteiger partial charge in [-0.2, -0.15) is 9.97 Å². The van der Waals surface area contributed by atoms with Gasteiger partial charge in [0.1, 0.15) is 11.6 Å². The Morgan fingerprint density at radius 3 is 2.71 bits per heavy atom. The highest BCUT2D eigenvalue weighted by atomic mass is 19.3. The summed E-state index contributed by atoms with van der Waals surface area (Å²) in [5.74, 6) is 0.943. The number of carboxylic acid groups (broad SMARTS) is 1. The van der Waals surface area contributed by atoms with Gasteiger partial charge in [-0.05, 0) is 24.5 Å². The number of hydrogen-bond donors (Lipinski definition) is 2. The molecule has 2 aliphatic heterocycles. The molecule has 2 N–H and O–H groups in total. The lowest BCUT2D eigenvalue weighted by Crippen LogP contribution is -2.37. The number of anilines is 2. The van der Waals surface area contributed by atoms with Crippen LogP contribution in [0.15, 0.2) is 30.3 Å². The van der Waals surface area contributed by atoms with Crippen molar-refractivity contribution in [2.24, 2.45) is 5.92 Å². The van der Waals surface area contributed by atoms with Crippen molar-refractivity contribution >= 4 is 28.9 Å². The van der Waals surface area contributed by atoms with Crippen molar-refractivity contribution in [2.45, 2.75) is 12.8 Å². The molecule has 180 valence electrons. The van der Waals surface area contributed by atoms with E-state index in [1.807, 2.05) is 4.90 Å². The number of para-hydroxylation sites is 2. The Hall–Kier alpha value is -3.54. The van der Waals surface area contributed by atoms with Crippen molar-refractivity contribution in [3.8, 4) is 5.82 Å². The minimum Gasteiger partial charge on any atom is -0.465 e. The molecular formula is C22H25F2N7O3. The van der Waals surface area contributed by atoms with Gasteiger partial charge in [-0.1, -0.05) is 12.1 Å². The van der Waals surface area contributed by atoms with Crippen LogP contribution in [0.2, 0.25) is 0 Å². The first kappa shape index (κ1) is 22.3. The van der Waals surface area contributed by atoms with Gasteiger partial charge >= 0.3 is 6.09 Å². The first-order valence-corrected chi connectivity index (χ1v) is 11.2. The summed E-state index contributed by atoms with van der Waals surface area (Å²) in [6.07, 6.45) is -2.96. The molecule has 0 bridgehead atoms. The predicted molar refractivity (Wildman–Crippen MR) is 121 cm³/mol. The SMILES string of the molecule is O=C(O)N1CC[C@H](CNc2cc(-n3c(C(F)F)nc4ccccc43)nc(N3CCOCC3)n2)C1. The highest BCUT2D eigenvalue weighted by Crippen LogP contribution is 2.29. The highest BCUT2D eigenvalue weighted by molar-refractivity contribution is 5.78. The van der Waals surface area contributed by atoms with Crippen molar-refractivity contribution in [3.63, 3.8) is 0 Å². The van der Waals surface area contributed by atoms with Crippen LogP contribution in [0, 0.1) is 5.92 Å². The van der Waals surface area contributed by atoms with Crippen LogP contribution in [0.3, 0.4) is 0 Å². The van der Waals surface area contributed by atoms with Gasteiger partial charge < -0.3 is 25.0 Å². The van der Waals surface area contributed by atoms with Crippen LogP contribution < -0.4 is 10.2 Å². The van der Waals surface area contributed by atoms with Gasteiger partial charge in [0.05, 0.1) is 24.2 Å². The van der Waals surface area contributed by atoms with Crippen LogP contribution in [0.4, 0.5) is 25.3 Å². The first-order chi connectivity index (χ1) is 16.5. The summed E-state index contributed by atoms with van der Waals surface area (Å²) in [6.45, 7) is 3.68. The monoisotopic (exact) mass is 473 g/mol. The number of fused-ring (bicyclic) bond motifs is 1. The van der Waals surface area contributed by atoms with Crippen molar-refractivity contribution in [1.29, 1.82) is 0 Å². The largest absolute Gasteiger partial charge is 0.465 e. The average molecular weight is 473 g/mol. The molecule has 34 heavy (non-hydrogen) atoms. The van der Waals surface area contributed by atoms with E-state index in [0.717, 1.165) is 6.42 Å². The fourth-order valence-electron chi connectivity index (χ4n) is 4.39. The Bertz CT molecular complexity index is 1180. The lowest BCUT2D eigenvalue weighted by Gasteiger charge is -2.27. The van der Waals surface area contributed by atoms with Crippen molar-refractivity contribution in [1.82, 2.24) is 24.4 Å².